The molecule has 0 radical (unpaired) electrons. The van der Waals surface area contributed by atoms with Gasteiger partial charge in [0.05, 0.1) is 6.07 Å². The predicted octanol–water partition coefficient (Wildman–Crippen LogP) is 2.92. The van der Waals surface area contributed by atoms with Crippen LogP contribution in [0.5, 0.6) is 11.5 Å². The summed E-state index contributed by atoms with van der Waals surface area (Å²) in [6, 6.07) is 8.36. The molecular formula is C17H24N2O2. The summed E-state index contributed by atoms with van der Waals surface area (Å²) in [5, 5.41) is 12.1. The highest BCUT2D eigenvalue weighted by molar-refractivity contribution is 5.43. The van der Waals surface area contributed by atoms with Gasteiger partial charge in [0.1, 0.15) is 13.2 Å². The molecule has 0 spiro atoms. The molecule has 0 saturated heterocycles. The molecule has 114 valence electrons. The molecule has 0 amide bonds. The van der Waals surface area contributed by atoms with Crippen LogP contribution in [0.15, 0.2) is 18.2 Å². The predicted molar refractivity (Wildman–Crippen MR) is 82.6 cm³/mol. The van der Waals surface area contributed by atoms with Crippen LogP contribution < -0.4 is 14.8 Å². The summed E-state index contributed by atoms with van der Waals surface area (Å²) in [4.78, 5) is 0. The van der Waals surface area contributed by atoms with Crippen LogP contribution in [0.25, 0.3) is 0 Å². The molecule has 0 bridgehead atoms. The molecule has 0 saturated carbocycles. The Morgan fingerprint density at radius 1 is 1.24 bits per heavy atom. The number of nitriles is 1. The molecule has 2 rings (SSSR count). The zero-order valence-electron chi connectivity index (χ0n) is 12.9. The topological polar surface area (TPSA) is 54.3 Å². The van der Waals surface area contributed by atoms with Crippen molar-refractivity contribution in [1.82, 2.24) is 5.32 Å². The normalized spacial score (nSPS) is 13.8. The third kappa shape index (κ3) is 4.95. The summed E-state index contributed by atoms with van der Waals surface area (Å²) < 4.78 is 11.1. The largest absolute Gasteiger partial charge is 0.486 e. The first kappa shape index (κ1) is 15.7. The first-order valence-corrected chi connectivity index (χ1v) is 7.57. The first-order valence-electron chi connectivity index (χ1n) is 7.57. The number of nitrogens with zero attached hydrogens (tertiary/aromatic N) is 1. The van der Waals surface area contributed by atoms with Gasteiger partial charge in [0.15, 0.2) is 11.5 Å². The fourth-order valence-corrected chi connectivity index (χ4v) is 2.39. The number of benzene rings is 1. The van der Waals surface area contributed by atoms with Crippen molar-refractivity contribution < 1.29 is 9.47 Å². The van der Waals surface area contributed by atoms with Gasteiger partial charge >= 0.3 is 0 Å². The van der Waals surface area contributed by atoms with Crippen LogP contribution in [0.4, 0.5) is 0 Å². The van der Waals surface area contributed by atoms with Crippen LogP contribution in [0, 0.1) is 16.7 Å². The number of hydrogen-bond acceptors (Lipinski definition) is 4. The molecular weight excluding hydrogens is 264 g/mol. The minimum Gasteiger partial charge on any atom is -0.486 e. The third-order valence-electron chi connectivity index (χ3n) is 3.71. The van der Waals surface area contributed by atoms with Gasteiger partial charge in [-0.2, -0.15) is 5.26 Å². The number of nitrogens with one attached hydrogen (secondary N) is 1. The van der Waals surface area contributed by atoms with E-state index in [0.29, 0.717) is 19.6 Å². The minimum atomic E-state index is 0.169. The second-order valence-electron chi connectivity index (χ2n) is 6.23. The molecule has 21 heavy (non-hydrogen) atoms. The van der Waals surface area contributed by atoms with E-state index in [0.717, 1.165) is 37.4 Å². The first-order chi connectivity index (χ1) is 10.1. The Hall–Kier alpha value is -1.73. The Morgan fingerprint density at radius 2 is 2.00 bits per heavy atom. The van der Waals surface area contributed by atoms with Gasteiger partial charge in [-0.15, -0.1) is 0 Å². The summed E-state index contributed by atoms with van der Waals surface area (Å²) >= 11 is 0. The fraction of sp³-hybridized carbons (Fsp3) is 0.588. The molecule has 4 heteroatoms. The molecule has 1 heterocycles. The van der Waals surface area contributed by atoms with Crippen LogP contribution in [0.1, 0.15) is 32.3 Å². The van der Waals surface area contributed by atoms with Crippen molar-refractivity contribution in [3.05, 3.63) is 23.8 Å². The summed E-state index contributed by atoms with van der Waals surface area (Å²) in [6.07, 6.45) is 2.52. The Bertz CT molecular complexity index is 506. The van der Waals surface area contributed by atoms with Gasteiger partial charge in [0.25, 0.3) is 0 Å². The van der Waals surface area contributed by atoms with Crippen molar-refractivity contribution in [3.8, 4) is 17.6 Å². The lowest BCUT2D eigenvalue weighted by Gasteiger charge is -2.24. The van der Waals surface area contributed by atoms with Crippen molar-refractivity contribution in [2.45, 2.75) is 33.1 Å². The smallest absolute Gasteiger partial charge is 0.161 e. The van der Waals surface area contributed by atoms with E-state index in [1.54, 1.807) is 0 Å². The number of fused-ring (bicyclic) bond motifs is 1. The van der Waals surface area contributed by atoms with Crippen LogP contribution in [-0.4, -0.2) is 26.3 Å². The van der Waals surface area contributed by atoms with E-state index in [1.165, 1.54) is 5.56 Å². The SMILES string of the molecule is CC(C)(CCC#N)CNCCc1ccc2c(c1)OCCO2. The zero-order chi connectivity index (χ0) is 15.1. The van der Waals surface area contributed by atoms with E-state index in [9.17, 15) is 0 Å². The van der Waals surface area contributed by atoms with E-state index >= 15 is 0 Å². The molecule has 4 nitrogen and oxygen atoms in total. The molecule has 1 N–H and O–H groups in total. The average Bonchev–Trinajstić information content (AvgIpc) is 2.49. The Morgan fingerprint density at radius 3 is 2.76 bits per heavy atom. The van der Waals surface area contributed by atoms with Gasteiger partial charge in [-0.25, -0.2) is 0 Å². The summed E-state index contributed by atoms with van der Waals surface area (Å²) in [7, 11) is 0. The highest BCUT2D eigenvalue weighted by atomic mass is 16.6. The van der Waals surface area contributed by atoms with Crippen LogP contribution in [0.3, 0.4) is 0 Å². The minimum absolute atomic E-state index is 0.169. The quantitative estimate of drug-likeness (QED) is 0.784. The highest BCUT2D eigenvalue weighted by Gasteiger charge is 2.16. The number of hydrogen-bond donors (Lipinski definition) is 1. The molecule has 1 aromatic carbocycles. The maximum atomic E-state index is 8.65. The van der Waals surface area contributed by atoms with Gasteiger partial charge in [0, 0.05) is 13.0 Å². The maximum absolute atomic E-state index is 8.65. The number of rotatable bonds is 7. The molecule has 0 aromatic heterocycles. The van der Waals surface area contributed by atoms with Crippen LogP contribution in [0.2, 0.25) is 0 Å². The van der Waals surface area contributed by atoms with Crippen molar-refractivity contribution in [3.63, 3.8) is 0 Å². The van der Waals surface area contributed by atoms with Crippen molar-refractivity contribution in [2.75, 3.05) is 26.3 Å². The maximum Gasteiger partial charge on any atom is 0.161 e. The van der Waals surface area contributed by atoms with Crippen molar-refractivity contribution in [1.29, 1.82) is 5.26 Å². The van der Waals surface area contributed by atoms with E-state index in [4.69, 9.17) is 14.7 Å². The highest BCUT2D eigenvalue weighted by Crippen LogP contribution is 2.30. The van der Waals surface area contributed by atoms with Crippen molar-refractivity contribution >= 4 is 0 Å². The fourth-order valence-electron chi connectivity index (χ4n) is 2.39. The van der Waals surface area contributed by atoms with E-state index in [2.05, 4.69) is 37.4 Å². The molecule has 1 aromatic rings. The van der Waals surface area contributed by atoms with Gasteiger partial charge < -0.3 is 14.8 Å². The molecule has 0 aliphatic carbocycles. The lowest BCUT2D eigenvalue weighted by molar-refractivity contribution is 0.171. The van der Waals surface area contributed by atoms with E-state index in [1.807, 2.05) is 6.07 Å². The Kier molecular flexibility index (Phi) is 5.46. The molecule has 1 aliphatic heterocycles. The van der Waals surface area contributed by atoms with Gasteiger partial charge in [0.2, 0.25) is 0 Å². The Labute approximate surface area is 127 Å². The second kappa shape index (κ2) is 7.33. The van der Waals surface area contributed by atoms with Crippen LogP contribution >= 0.6 is 0 Å². The molecule has 0 fully saturated rings. The molecule has 0 atom stereocenters. The summed E-state index contributed by atoms with van der Waals surface area (Å²) in [5.41, 5.74) is 1.42. The number of ether oxygens (including phenoxy) is 2. The van der Waals surface area contributed by atoms with Gasteiger partial charge in [-0.3, -0.25) is 0 Å². The lowest BCUT2D eigenvalue weighted by Crippen LogP contribution is -2.30. The monoisotopic (exact) mass is 288 g/mol. The average molecular weight is 288 g/mol. The standard InChI is InChI=1S/C17H24N2O2/c1-17(2,7-3-8-18)13-19-9-6-14-4-5-15-16(12-14)21-11-10-20-15/h4-5,12,19H,3,6-7,9-11,13H2,1-2H3. The van der Waals surface area contributed by atoms with Gasteiger partial charge in [-0.05, 0) is 42.5 Å². The third-order valence-corrected chi connectivity index (χ3v) is 3.71. The molecule has 1 aliphatic rings. The van der Waals surface area contributed by atoms with Crippen molar-refractivity contribution in [2.24, 2.45) is 5.41 Å². The molecule has 0 unspecified atom stereocenters. The van der Waals surface area contributed by atoms with Crippen LogP contribution in [-0.2, 0) is 6.42 Å². The van der Waals surface area contributed by atoms with E-state index < -0.39 is 0 Å². The summed E-state index contributed by atoms with van der Waals surface area (Å²) in [6.45, 7) is 7.51. The van der Waals surface area contributed by atoms with E-state index in [-0.39, 0.29) is 5.41 Å². The summed E-state index contributed by atoms with van der Waals surface area (Å²) in [5.74, 6) is 1.70. The van der Waals surface area contributed by atoms with Gasteiger partial charge in [-0.1, -0.05) is 19.9 Å². The Balaban J connectivity index is 1.75. The zero-order valence-corrected chi connectivity index (χ0v) is 12.9. The lowest BCUT2D eigenvalue weighted by atomic mass is 9.88. The second-order valence-corrected chi connectivity index (χ2v) is 6.23.